The summed E-state index contributed by atoms with van der Waals surface area (Å²) in [6, 6.07) is 5.79. The van der Waals surface area contributed by atoms with Gasteiger partial charge < -0.3 is 5.32 Å². The average molecular weight is 363 g/mol. The average Bonchev–Trinajstić information content (AvgIpc) is 3.32. The van der Waals surface area contributed by atoms with Gasteiger partial charge in [-0.1, -0.05) is 13.8 Å². The van der Waals surface area contributed by atoms with E-state index >= 15 is 0 Å². The summed E-state index contributed by atoms with van der Waals surface area (Å²) in [4.78, 5) is 21.5. The number of benzene rings is 1. The molecule has 0 atom stereocenters. The molecule has 1 N–H and O–H groups in total. The molecule has 138 valence electrons. The van der Waals surface area contributed by atoms with Gasteiger partial charge in [0.05, 0.1) is 5.69 Å². The highest BCUT2D eigenvalue weighted by Gasteiger charge is 2.25. The SMILES string of the molecule is Cc1cnc(-c2cc(C(=O)NC3CC3)cc(-n3nnnc3C(C)C)c2)nc1. The highest BCUT2D eigenvalue weighted by atomic mass is 16.1. The van der Waals surface area contributed by atoms with Crippen LogP contribution in [-0.4, -0.2) is 42.1 Å². The van der Waals surface area contributed by atoms with Crippen LogP contribution in [0.3, 0.4) is 0 Å². The maximum absolute atomic E-state index is 12.7. The number of carbonyl (C=O) groups is 1. The number of hydrogen-bond donors (Lipinski definition) is 1. The van der Waals surface area contributed by atoms with Gasteiger partial charge in [0, 0.05) is 35.5 Å². The van der Waals surface area contributed by atoms with Crippen molar-refractivity contribution < 1.29 is 4.79 Å². The number of tetrazole rings is 1. The van der Waals surface area contributed by atoms with E-state index in [0.717, 1.165) is 29.8 Å². The van der Waals surface area contributed by atoms with Crippen LogP contribution in [0.4, 0.5) is 0 Å². The minimum absolute atomic E-state index is 0.105. The van der Waals surface area contributed by atoms with E-state index in [4.69, 9.17) is 0 Å². The normalized spacial score (nSPS) is 13.8. The van der Waals surface area contributed by atoms with Gasteiger partial charge in [-0.25, -0.2) is 9.97 Å². The number of hydrogen-bond acceptors (Lipinski definition) is 6. The molecule has 0 unspecified atom stereocenters. The summed E-state index contributed by atoms with van der Waals surface area (Å²) < 4.78 is 1.66. The van der Waals surface area contributed by atoms with E-state index in [-0.39, 0.29) is 17.9 Å². The Balaban J connectivity index is 1.81. The minimum Gasteiger partial charge on any atom is -0.349 e. The fourth-order valence-electron chi connectivity index (χ4n) is 2.77. The molecule has 3 aromatic rings. The van der Waals surface area contributed by atoms with Crippen LogP contribution in [0, 0.1) is 6.92 Å². The number of aryl methyl sites for hydroxylation is 1. The second-order valence-corrected chi connectivity index (χ2v) is 7.20. The highest BCUT2D eigenvalue weighted by molar-refractivity contribution is 5.96. The quantitative estimate of drug-likeness (QED) is 0.747. The lowest BCUT2D eigenvalue weighted by Gasteiger charge is -2.12. The molecule has 1 aliphatic carbocycles. The van der Waals surface area contributed by atoms with Crippen molar-refractivity contribution in [3.8, 4) is 17.1 Å². The van der Waals surface area contributed by atoms with Gasteiger partial charge in [0.1, 0.15) is 0 Å². The Bertz CT molecular complexity index is 974. The summed E-state index contributed by atoms with van der Waals surface area (Å²) in [6.07, 6.45) is 5.58. The van der Waals surface area contributed by atoms with Gasteiger partial charge in [-0.3, -0.25) is 4.79 Å². The predicted molar refractivity (Wildman–Crippen MR) is 99.5 cm³/mol. The van der Waals surface area contributed by atoms with E-state index in [2.05, 4.69) is 30.8 Å². The van der Waals surface area contributed by atoms with Gasteiger partial charge in [0.15, 0.2) is 11.6 Å². The van der Waals surface area contributed by atoms with E-state index in [1.165, 1.54) is 0 Å². The van der Waals surface area contributed by atoms with E-state index in [0.29, 0.717) is 17.1 Å². The van der Waals surface area contributed by atoms with Crippen LogP contribution in [0.15, 0.2) is 30.6 Å². The Hall–Kier alpha value is -3.16. The van der Waals surface area contributed by atoms with Crippen LogP contribution in [0.25, 0.3) is 17.1 Å². The first-order valence-electron chi connectivity index (χ1n) is 9.05. The van der Waals surface area contributed by atoms with Gasteiger partial charge in [0.2, 0.25) is 0 Å². The number of aromatic nitrogens is 6. The summed E-state index contributed by atoms with van der Waals surface area (Å²) in [7, 11) is 0. The standard InChI is InChI=1S/C19H21N7O/c1-11(2)18-23-24-25-26(18)16-7-13(17-20-9-12(3)10-21-17)6-14(8-16)19(27)22-15-4-5-15/h6-11,15H,4-5H2,1-3H3,(H,22,27). The summed E-state index contributed by atoms with van der Waals surface area (Å²) >= 11 is 0. The van der Waals surface area contributed by atoms with Gasteiger partial charge in [-0.2, -0.15) is 4.68 Å². The molecule has 1 saturated carbocycles. The first kappa shape index (κ1) is 17.3. The monoisotopic (exact) mass is 363 g/mol. The molecule has 0 radical (unpaired) electrons. The summed E-state index contributed by atoms with van der Waals surface area (Å²) in [6.45, 7) is 5.98. The van der Waals surface area contributed by atoms with E-state index in [1.807, 2.05) is 32.9 Å². The largest absolute Gasteiger partial charge is 0.349 e. The zero-order valence-corrected chi connectivity index (χ0v) is 15.5. The van der Waals surface area contributed by atoms with Crippen LogP contribution in [-0.2, 0) is 0 Å². The first-order chi connectivity index (χ1) is 13.0. The highest BCUT2D eigenvalue weighted by Crippen LogP contribution is 2.25. The number of nitrogens with zero attached hydrogens (tertiary/aromatic N) is 6. The zero-order chi connectivity index (χ0) is 19.0. The molecule has 2 heterocycles. The molecule has 1 aromatic carbocycles. The van der Waals surface area contributed by atoms with Crippen molar-refractivity contribution in [1.82, 2.24) is 35.5 Å². The minimum atomic E-state index is -0.105. The molecule has 0 bridgehead atoms. The van der Waals surface area contributed by atoms with E-state index in [9.17, 15) is 4.79 Å². The Labute approximate surface area is 157 Å². The van der Waals surface area contributed by atoms with Gasteiger partial charge in [0.25, 0.3) is 5.91 Å². The summed E-state index contributed by atoms with van der Waals surface area (Å²) in [5.41, 5.74) is 2.98. The van der Waals surface area contributed by atoms with Crippen molar-refractivity contribution in [2.75, 3.05) is 0 Å². The van der Waals surface area contributed by atoms with Gasteiger partial charge in [-0.15, -0.1) is 5.10 Å². The van der Waals surface area contributed by atoms with Crippen molar-refractivity contribution in [3.63, 3.8) is 0 Å². The maximum atomic E-state index is 12.7. The maximum Gasteiger partial charge on any atom is 0.251 e. The molecule has 8 heteroatoms. The first-order valence-corrected chi connectivity index (χ1v) is 9.05. The van der Waals surface area contributed by atoms with Crippen molar-refractivity contribution in [1.29, 1.82) is 0 Å². The lowest BCUT2D eigenvalue weighted by atomic mass is 10.1. The molecule has 1 amide bonds. The Morgan fingerprint density at radius 3 is 2.59 bits per heavy atom. The summed E-state index contributed by atoms with van der Waals surface area (Å²) in [5, 5.41) is 15.0. The Kier molecular flexibility index (Phi) is 4.39. The van der Waals surface area contributed by atoms with Gasteiger partial charge in [-0.05, 0) is 54.0 Å². The van der Waals surface area contributed by atoms with Crippen molar-refractivity contribution in [2.24, 2.45) is 0 Å². The van der Waals surface area contributed by atoms with E-state index < -0.39 is 0 Å². The lowest BCUT2D eigenvalue weighted by Crippen LogP contribution is -2.25. The smallest absolute Gasteiger partial charge is 0.251 e. The van der Waals surface area contributed by atoms with Crippen LogP contribution < -0.4 is 5.32 Å². The third-order valence-electron chi connectivity index (χ3n) is 4.39. The number of rotatable bonds is 5. The topological polar surface area (TPSA) is 98.5 Å². The molecule has 1 fully saturated rings. The van der Waals surface area contributed by atoms with Crippen LogP contribution >= 0.6 is 0 Å². The van der Waals surface area contributed by atoms with E-state index in [1.54, 1.807) is 23.1 Å². The van der Waals surface area contributed by atoms with Crippen LogP contribution in [0.2, 0.25) is 0 Å². The fourth-order valence-corrected chi connectivity index (χ4v) is 2.77. The van der Waals surface area contributed by atoms with Crippen molar-refractivity contribution in [2.45, 2.75) is 45.6 Å². The molecule has 4 rings (SSSR count). The van der Waals surface area contributed by atoms with Crippen LogP contribution in [0.5, 0.6) is 0 Å². The Morgan fingerprint density at radius 2 is 1.93 bits per heavy atom. The number of nitrogens with one attached hydrogen (secondary N) is 1. The summed E-state index contributed by atoms with van der Waals surface area (Å²) in [5.74, 6) is 1.32. The lowest BCUT2D eigenvalue weighted by molar-refractivity contribution is 0.0951. The molecule has 0 aliphatic heterocycles. The molecular weight excluding hydrogens is 342 g/mol. The van der Waals surface area contributed by atoms with Gasteiger partial charge >= 0.3 is 0 Å². The van der Waals surface area contributed by atoms with Crippen molar-refractivity contribution in [3.05, 3.63) is 47.5 Å². The fraction of sp³-hybridized carbons (Fsp3) is 0.368. The number of carbonyl (C=O) groups excluding carboxylic acids is 1. The number of amides is 1. The Morgan fingerprint density at radius 1 is 1.19 bits per heavy atom. The molecule has 2 aromatic heterocycles. The molecular formula is C19H21N7O. The molecule has 0 spiro atoms. The molecule has 8 nitrogen and oxygen atoms in total. The molecule has 27 heavy (non-hydrogen) atoms. The molecule has 0 saturated heterocycles. The third-order valence-corrected chi connectivity index (χ3v) is 4.39. The second-order valence-electron chi connectivity index (χ2n) is 7.20. The molecule has 1 aliphatic rings. The second kappa shape index (κ2) is 6.86. The van der Waals surface area contributed by atoms with Crippen LogP contribution in [0.1, 0.15) is 54.4 Å². The zero-order valence-electron chi connectivity index (χ0n) is 15.5. The third kappa shape index (κ3) is 3.69. The van der Waals surface area contributed by atoms with Crippen molar-refractivity contribution >= 4 is 5.91 Å². The predicted octanol–water partition coefficient (Wildman–Crippen LogP) is 2.44.